The third-order valence-corrected chi connectivity index (χ3v) is 4.49. The first-order valence-corrected chi connectivity index (χ1v) is 8.88. The first kappa shape index (κ1) is 17.6. The highest BCUT2D eigenvalue weighted by molar-refractivity contribution is 7.07. The van der Waals surface area contributed by atoms with Crippen LogP contribution in [0.3, 0.4) is 0 Å². The zero-order valence-electron chi connectivity index (χ0n) is 13.8. The van der Waals surface area contributed by atoms with Gasteiger partial charge in [-0.25, -0.2) is 0 Å². The summed E-state index contributed by atoms with van der Waals surface area (Å²) in [6.45, 7) is 0.464. The third-order valence-electron chi connectivity index (χ3n) is 3.75. The van der Waals surface area contributed by atoms with Crippen LogP contribution >= 0.6 is 11.3 Å². The van der Waals surface area contributed by atoms with Crippen LogP contribution in [-0.4, -0.2) is 10.8 Å². The lowest BCUT2D eigenvalue weighted by Crippen LogP contribution is -2.28. The first-order chi connectivity index (χ1) is 12.6. The standard InChI is InChI=1S/C20H16N2O3S/c23-20(10-9-16-5-4-8-19(13-16)22(24)25)21(14-17-11-12-26-15-17)18-6-2-1-3-7-18/h1-13,15H,14H2/b10-9-. The third kappa shape index (κ3) is 4.43. The van der Waals surface area contributed by atoms with E-state index in [0.29, 0.717) is 12.1 Å². The molecule has 26 heavy (non-hydrogen) atoms. The number of carbonyl (C=O) groups excluding carboxylic acids is 1. The van der Waals surface area contributed by atoms with Crippen LogP contribution < -0.4 is 4.90 Å². The Hall–Kier alpha value is -3.25. The van der Waals surface area contributed by atoms with E-state index < -0.39 is 4.92 Å². The molecule has 0 radical (unpaired) electrons. The van der Waals surface area contributed by atoms with Gasteiger partial charge in [-0.15, -0.1) is 0 Å². The van der Waals surface area contributed by atoms with Crippen LogP contribution in [0.4, 0.5) is 11.4 Å². The fourth-order valence-corrected chi connectivity index (χ4v) is 3.13. The highest BCUT2D eigenvalue weighted by Gasteiger charge is 2.14. The summed E-state index contributed by atoms with van der Waals surface area (Å²) in [4.78, 5) is 24.9. The predicted octanol–water partition coefficient (Wildman–Crippen LogP) is 4.90. The highest BCUT2D eigenvalue weighted by Crippen LogP contribution is 2.20. The largest absolute Gasteiger partial charge is 0.304 e. The van der Waals surface area contributed by atoms with Crippen molar-refractivity contribution in [2.75, 3.05) is 4.90 Å². The second-order valence-electron chi connectivity index (χ2n) is 5.58. The molecule has 6 heteroatoms. The lowest BCUT2D eigenvalue weighted by molar-refractivity contribution is -0.384. The number of thiophene rings is 1. The van der Waals surface area contributed by atoms with Gasteiger partial charge in [-0.05, 0) is 46.2 Å². The smallest absolute Gasteiger partial charge is 0.270 e. The van der Waals surface area contributed by atoms with Crippen molar-refractivity contribution in [1.82, 2.24) is 0 Å². The number of benzene rings is 2. The van der Waals surface area contributed by atoms with E-state index in [9.17, 15) is 14.9 Å². The molecule has 0 aliphatic rings. The number of non-ortho nitro benzene ring substituents is 1. The average Bonchev–Trinajstić information content (AvgIpc) is 3.18. The van der Waals surface area contributed by atoms with Gasteiger partial charge in [0.25, 0.3) is 11.6 Å². The van der Waals surface area contributed by atoms with E-state index in [-0.39, 0.29) is 11.6 Å². The maximum Gasteiger partial charge on any atom is 0.270 e. The summed E-state index contributed by atoms with van der Waals surface area (Å²) in [6.07, 6.45) is 3.04. The fourth-order valence-electron chi connectivity index (χ4n) is 2.47. The second-order valence-corrected chi connectivity index (χ2v) is 6.36. The van der Waals surface area contributed by atoms with E-state index >= 15 is 0 Å². The van der Waals surface area contributed by atoms with Gasteiger partial charge in [0, 0.05) is 23.9 Å². The van der Waals surface area contributed by atoms with E-state index in [0.717, 1.165) is 11.3 Å². The predicted molar refractivity (Wildman–Crippen MR) is 104 cm³/mol. The molecule has 0 saturated carbocycles. The number of hydrogen-bond donors (Lipinski definition) is 0. The SMILES string of the molecule is O=C(/C=C\c1cccc([N+](=O)[O-])c1)N(Cc1ccsc1)c1ccccc1. The Morgan fingerprint density at radius 1 is 1.12 bits per heavy atom. The Bertz CT molecular complexity index is 921. The molecule has 0 N–H and O–H groups in total. The molecule has 130 valence electrons. The molecule has 2 aromatic carbocycles. The Kier molecular flexibility index (Phi) is 5.56. The number of carbonyl (C=O) groups is 1. The summed E-state index contributed by atoms with van der Waals surface area (Å²) >= 11 is 1.58. The van der Waals surface area contributed by atoms with Crippen LogP contribution in [0.15, 0.2) is 77.5 Å². The molecule has 0 bridgehead atoms. The monoisotopic (exact) mass is 364 g/mol. The number of rotatable bonds is 6. The van der Waals surface area contributed by atoms with Gasteiger partial charge >= 0.3 is 0 Å². The van der Waals surface area contributed by atoms with Crippen LogP contribution in [0.1, 0.15) is 11.1 Å². The number of nitrogens with zero attached hydrogens (tertiary/aromatic N) is 2. The molecular formula is C20H16N2O3S. The van der Waals surface area contributed by atoms with Crippen molar-refractivity contribution in [2.24, 2.45) is 0 Å². The quantitative estimate of drug-likeness (QED) is 0.355. The van der Waals surface area contributed by atoms with Gasteiger partial charge in [-0.1, -0.05) is 30.3 Å². The van der Waals surface area contributed by atoms with Crippen molar-refractivity contribution in [3.63, 3.8) is 0 Å². The zero-order valence-corrected chi connectivity index (χ0v) is 14.6. The Balaban J connectivity index is 1.83. The molecule has 0 spiro atoms. The van der Waals surface area contributed by atoms with Gasteiger partial charge in [0.15, 0.2) is 0 Å². The number of anilines is 1. The number of nitro groups is 1. The van der Waals surface area contributed by atoms with E-state index in [1.807, 2.05) is 47.2 Å². The maximum atomic E-state index is 12.8. The van der Waals surface area contributed by atoms with Gasteiger partial charge < -0.3 is 4.90 Å². The lowest BCUT2D eigenvalue weighted by atomic mass is 10.2. The van der Waals surface area contributed by atoms with Crippen LogP contribution in [0, 0.1) is 10.1 Å². The van der Waals surface area contributed by atoms with Crippen LogP contribution in [0.5, 0.6) is 0 Å². The van der Waals surface area contributed by atoms with Crippen molar-refractivity contribution in [1.29, 1.82) is 0 Å². The van der Waals surface area contributed by atoms with Crippen molar-refractivity contribution in [3.8, 4) is 0 Å². The fraction of sp³-hybridized carbons (Fsp3) is 0.0500. The van der Waals surface area contributed by atoms with Crippen LogP contribution in [0.25, 0.3) is 6.08 Å². The van der Waals surface area contributed by atoms with Crippen molar-refractivity contribution in [3.05, 3.63) is 98.7 Å². The molecule has 0 aliphatic carbocycles. The molecule has 0 aliphatic heterocycles. The van der Waals surface area contributed by atoms with Gasteiger partial charge in [0.2, 0.25) is 0 Å². The molecule has 0 fully saturated rings. The number of amides is 1. The van der Waals surface area contributed by atoms with E-state index in [2.05, 4.69) is 0 Å². The molecule has 0 saturated heterocycles. The minimum atomic E-state index is -0.452. The summed E-state index contributed by atoms with van der Waals surface area (Å²) in [5.74, 6) is -0.186. The van der Waals surface area contributed by atoms with E-state index in [4.69, 9.17) is 0 Å². The Morgan fingerprint density at radius 2 is 1.92 bits per heavy atom. The van der Waals surface area contributed by atoms with Crippen LogP contribution in [0.2, 0.25) is 0 Å². The summed E-state index contributed by atoms with van der Waals surface area (Å²) in [5, 5.41) is 14.9. The normalized spacial score (nSPS) is 10.8. The molecule has 0 atom stereocenters. The Morgan fingerprint density at radius 3 is 2.62 bits per heavy atom. The molecule has 0 unspecified atom stereocenters. The first-order valence-electron chi connectivity index (χ1n) is 7.93. The average molecular weight is 364 g/mol. The van der Waals surface area contributed by atoms with Gasteiger partial charge in [0.05, 0.1) is 11.5 Å². The van der Waals surface area contributed by atoms with E-state index in [1.165, 1.54) is 18.2 Å². The van der Waals surface area contributed by atoms with Crippen molar-refractivity contribution < 1.29 is 9.72 Å². The van der Waals surface area contributed by atoms with Crippen molar-refractivity contribution >= 4 is 34.7 Å². The minimum Gasteiger partial charge on any atom is -0.304 e. The number of hydrogen-bond acceptors (Lipinski definition) is 4. The minimum absolute atomic E-state index is 0.00205. The molecule has 3 aromatic rings. The van der Waals surface area contributed by atoms with Gasteiger partial charge in [-0.3, -0.25) is 14.9 Å². The topological polar surface area (TPSA) is 63.4 Å². The number of para-hydroxylation sites is 1. The lowest BCUT2D eigenvalue weighted by Gasteiger charge is -2.21. The summed E-state index contributed by atoms with van der Waals surface area (Å²) in [6, 6.07) is 17.6. The molecule has 3 rings (SSSR count). The maximum absolute atomic E-state index is 12.8. The van der Waals surface area contributed by atoms with Gasteiger partial charge in [0.1, 0.15) is 0 Å². The summed E-state index contributed by atoms with van der Waals surface area (Å²) in [5.41, 5.74) is 2.46. The second kappa shape index (κ2) is 8.22. The molecular weight excluding hydrogens is 348 g/mol. The molecule has 1 amide bonds. The Labute approximate surface area is 155 Å². The number of nitro benzene ring substituents is 1. The molecule has 1 aromatic heterocycles. The van der Waals surface area contributed by atoms with Crippen LogP contribution in [-0.2, 0) is 11.3 Å². The summed E-state index contributed by atoms with van der Waals surface area (Å²) in [7, 11) is 0. The van der Waals surface area contributed by atoms with E-state index in [1.54, 1.807) is 34.4 Å². The van der Waals surface area contributed by atoms with Crippen molar-refractivity contribution in [2.45, 2.75) is 6.54 Å². The highest BCUT2D eigenvalue weighted by atomic mass is 32.1. The van der Waals surface area contributed by atoms with Gasteiger partial charge in [-0.2, -0.15) is 11.3 Å². The molecule has 5 nitrogen and oxygen atoms in total. The zero-order chi connectivity index (χ0) is 18.4. The summed E-state index contributed by atoms with van der Waals surface area (Å²) < 4.78 is 0. The molecule has 1 heterocycles.